The Hall–Kier alpha value is -0.870. The standard InChI is InChI=1S/C15H22N2OS/c1-9-6-7-12(10(9)2)17-14(13-5-4-8-19-13)16-11(3)15(17)18/h4-5,8-12,14,16H,6-7H2,1-3H3. The molecule has 3 nitrogen and oxygen atoms in total. The lowest BCUT2D eigenvalue weighted by Gasteiger charge is -2.33. The van der Waals surface area contributed by atoms with E-state index in [1.165, 1.54) is 11.3 Å². The van der Waals surface area contributed by atoms with Crippen molar-refractivity contribution in [2.45, 2.75) is 51.9 Å². The van der Waals surface area contributed by atoms with E-state index in [0.717, 1.165) is 12.3 Å². The predicted molar refractivity (Wildman–Crippen MR) is 77.9 cm³/mol. The third-order valence-electron chi connectivity index (χ3n) is 4.90. The number of carbonyl (C=O) groups is 1. The van der Waals surface area contributed by atoms with Crippen LogP contribution in [0.25, 0.3) is 0 Å². The fraction of sp³-hybridized carbons (Fsp3) is 0.667. The molecule has 1 amide bonds. The monoisotopic (exact) mass is 278 g/mol. The van der Waals surface area contributed by atoms with Crippen molar-refractivity contribution in [1.29, 1.82) is 0 Å². The summed E-state index contributed by atoms with van der Waals surface area (Å²) in [6.07, 6.45) is 2.46. The van der Waals surface area contributed by atoms with Crippen LogP contribution in [0.1, 0.15) is 44.7 Å². The summed E-state index contributed by atoms with van der Waals surface area (Å²) in [5, 5.41) is 5.54. The van der Waals surface area contributed by atoms with Crippen molar-refractivity contribution in [2.24, 2.45) is 11.8 Å². The number of rotatable bonds is 2. The molecule has 19 heavy (non-hydrogen) atoms. The van der Waals surface area contributed by atoms with E-state index in [-0.39, 0.29) is 18.1 Å². The Labute approximate surface area is 119 Å². The molecule has 4 heteroatoms. The molecule has 0 bridgehead atoms. The molecule has 5 unspecified atom stereocenters. The molecule has 1 saturated heterocycles. The van der Waals surface area contributed by atoms with Crippen LogP contribution >= 0.6 is 11.3 Å². The molecular formula is C15H22N2OS. The summed E-state index contributed by atoms with van der Waals surface area (Å²) in [7, 11) is 0. The molecule has 5 atom stereocenters. The number of nitrogens with one attached hydrogen (secondary N) is 1. The molecule has 2 aliphatic rings. The van der Waals surface area contributed by atoms with Gasteiger partial charge in [-0.3, -0.25) is 10.1 Å². The van der Waals surface area contributed by atoms with Crippen molar-refractivity contribution < 1.29 is 4.79 Å². The summed E-state index contributed by atoms with van der Waals surface area (Å²) in [4.78, 5) is 15.9. The van der Waals surface area contributed by atoms with Gasteiger partial charge in [-0.15, -0.1) is 11.3 Å². The van der Waals surface area contributed by atoms with Crippen LogP contribution in [0.15, 0.2) is 17.5 Å². The van der Waals surface area contributed by atoms with E-state index in [0.29, 0.717) is 12.0 Å². The maximum Gasteiger partial charge on any atom is 0.241 e. The van der Waals surface area contributed by atoms with Gasteiger partial charge in [0, 0.05) is 10.9 Å². The predicted octanol–water partition coefficient (Wildman–Crippen LogP) is 3.00. The summed E-state index contributed by atoms with van der Waals surface area (Å²) in [6, 6.07) is 4.53. The van der Waals surface area contributed by atoms with Crippen LogP contribution in [-0.4, -0.2) is 22.9 Å². The fourth-order valence-electron chi connectivity index (χ4n) is 3.49. The molecule has 1 saturated carbocycles. The maximum absolute atomic E-state index is 12.5. The molecule has 0 spiro atoms. The third-order valence-corrected chi connectivity index (χ3v) is 5.83. The van der Waals surface area contributed by atoms with Crippen LogP contribution in [0.5, 0.6) is 0 Å². The largest absolute Gasteiger partial charge is 0.317 e. The number of hydrogen-bond acceptors (Lipinski definition) is 3. The molecule has 1 aromatic rings. The van der Waals surface area contributed by atoms with Crippen LogP contribution in [0, 0.1) is 11.8 Å². The van der Waals surface area contributed by atoms with Crippen LogP contribution < -0.4 is 5.32 Å². The van der Waals surface area contributed by atoms with Crippen molar-refractivity contribution in [2.75, 3.05) is 0 Å². The van der Waals surface area contributed by atoms with Crippen molar-refractivity contribution in [3.8, 4) is 0 Å². The first-order valence-corrected chi connectivity index (χ1v) is 8.09. The van der Waals surface area contributed by atoms with E-state index in [1.807, 2.05) is 6.92 Å². The summed E-state index contributed by atoms with van der Waals surface area (Å²) >= 11 is 1.73. The minimum absolute atomic E-state index is 0.0600. The van der Waals surface area contributed by atoms with Crippen LogP contribution in [0.4, 0.5) is 0 Å². The van der Waals surface area contributed by atoms with Gasteiger partial charge in [-0.2, -0.15) is 0 Å². The van der Waals surface area contributed by atoms with Gasteiger partial charge < -0.3 is 4.90 Å². The quantitative estimate of drug-likeness (QED) is 0.902. The van der Waals surface area contributed by atoms with Crippen LogP contribution in [0.2, 0.25) is 0 Å². The van der Waals surface area contributed by atoms with Gasteiger partial charge >= 0.3 is 0 Å². The van der Waals surface area contributed by atoms with Crippen LogP contribution in [0.3, 0.4) is 0 Å². The minimum Gasteiger partial charge on any atom is -0.317 e. The van der Waals surface area contributed by atoms with Crippen molar-refractivity contribution in [1.82, 2.24) is 10.2 Å². The Morgan fingerprint density at radius 3 is 2.68 bits per heavy atom. The first-order valence-electron chi connectivity index (χ1n) is 7.21. The van der Waals surface area contributed by atoms with Gasteiger partial charge in [0.15, 0.2) is 0 Å². The zero-order valence-corrected chi connectivity index (χ0v) is 12.6. The summed E-state index contributed by atoms with van der Waals surface area (Å²) in [5.74, 6) is 1.58. The van der Waals surface area contributed by atoms with Gasteiger partial charge in [-0.1, -0.05) is 19.9 Å². The Morgan fingerprint density at radius 1 is 1.32 bits per heavy atom. The third kappa shape index (κ3) is 2.11. The van der Waals surface area contributed by atoms with Gasteiger partial charge in [0.25, 0.3) is 0 Å². The van der Waals surface area contributed by atoms with Gasteiger partial charge in [-0.25, -0.2) is 0 Å². The molecule has 1 aliphatic heterocycles. The number of thiophene rings is 1. The first-order chi connectivity index (χ1) is 9.09. The van der Waals surface area contributed by atoms with E-state index >= 15 is 0 Å². The van der Waals surface area contributed by atoms with E-state index in [1.54, 1.807) is 11.3 Å². The highest BCUT2D eigenvalue weighted by atomic mass is 32.1. The number of nitrogens with zero attached hydrogens (tertiary/aromatic N) is 1. The van der Waals surface area contributed by atoms with E-state index in [9.17, 15) is 4.79 Å². The number of hydrogen-bond donors (Lipinski definition) is 1. The normalized spacial score (nSPS) is 39.2. The Kier molecular flexibility index (Phi) is 3.39. The molecule has 0 aromatic carbocycles. The fourth-order valence-corrected chi connectivity index (χ4v) is 4.27. The zero-order chi connectivity index (χ0) is 13.6. The summed E-state index contributed by atoms with van der Waals surface area (Å²) < 4.78 is 0. The average molecular weight is 278 g/mol. The van der Waals surface area contributed by atoms with Crippen molar-refractivity contribution >= 4 is 17.2 Å². The SMILES string of the molecule is CC1NC(c2cccs2)N(C2CCC(C)C2C)C1=O. The van der Waals surface area contributed by atoms with Gasteiger partial charge in [0.1, 0.15) is 6.17 Å². The maximum atomic E-state index is 12.5. The molecule has 3 rings (SSSR count). The Morgan fingerprint density at radius 2 is 2.11 bits per heavy atom. The highest BCUT2D eigenvalue weighted by molar-refractivity contribution is 7.10. The molecule has 1 aliphatic carbocycles. The minimum atomic E-state index is -0.0600. The zero-order valence-electron chi connectivity index (χ0n) is 11.8. The molecule has 2 heterocycles. The molecule has 104 valence electrons. The van der Waals surface area contributed by atoms with Crippen LogP contribution in [-0.2, 0) is 4.79 Å². The van der Waals surface area contributed by atoms with Crippen molar-refractivity contribution in [3.63, 3.8) is 0 Å². The molecular weight excluding hydrogens is 256 g/mol. The molecule has 0 radical (unpaired) electrons. The van der Waals surface area contributed by atoms with Gasteiger partial charge in [0.2, 0.25) is 5.91 Å². The summed E-state index contributed by atoms with van der Waals surface area (Å²) in [5.41, 5.74) is 0. The van der Waals surface area contributed by atoms with Gasteiger partial charge in [-0.05, 0) is 43.0 Å². The second-order valence-electron chi connectivity index (χ2n) is 6.03. The van der Waals surface area contributed by atoms with E-state index in [2.05, 4.69) is 41.6 Å². The Bertz CT molecular complexity index is 459. The smallest absolute Gasteiger partial charge is 0.241 e. The second-order valence-corrected chi connectivity index (χ2v) is 7.01. The first kappa shape index (κ1) is 13.1. The topological polar surface area (TPSA) is 32.3 Å². The lowest BCUT2D eigenvalue weighted by molar-refractivity contribution is -0.132. The second kappa shape index (κ2) is 4.91. The highest BCUT2D eigenvalue weighted by Gasteiger charge is 2.45. The van der Waals surface area contributed by atoms with E-state index in [4.69, 9.17) is 0 Å². The molecule has 1 aromatic heterocycles. The summed E-state index contributed by atoms with van der Waals surface area (Å²) in [6.45, 7) is 6.58. The number of carbonyl (C=O) groups excluding carboxylic acids is 1. The average Bonchev–Trinajstić information content (AvgIpc) is 3.07. The lowest BCUT2D eigenvalue weighted by Crippen LogP contribution is -2.41. The number of amides is 1. The highest BCUT2D eigenvalue weighted by Crippen LogP contribution is 2.40. The van der Waals surface area contributed by atoms with E-state index < -0.39 is 0 Å². The van der Waals surface area contributed by atoms with Gasteiger partial charge in [0.05, 0.1) is 6.04 Å². The lowest BCUT2D eigenvalue weighted by atomic mass is 9.96. The van der Waals surface area contributed by atoms with Crippen molar-refractivity contribution in [3.05, 3.63) is 22.4 Å². The molecule has 2 fully saturated rings. The Balaban J connectivity index is 1.90. The molecule has 1 N–H and O–H groups in total.